The van der Waals surface area contributed by atoms with Gasteiger partial charge in [-0.25, -0.2) is 4.98 Å². The summed E-state index contributed by atoms with van der Waals surface area (Å²) in [7, 11) is 2.06. The van der Waals surface area contributed by atoms with Gasteiger partial charge in [-0.2, -0.15) is 0 Å². The number of likely N-dealkylation sites (N-methyl/N-ethyl adjacent to an activating group) is 1. The molecule has 1 saturated carbocycles. The molecule has 3 heterocycles. The number of nitrogens with zero attached hydrogens (tertiary/aromatic N) is 3. The number of fused-ring (bicyclic) bond motifs is 1. The van der Waals surface area contributed by atoms with Gasteiger partial charge >= 0.3 is 0 Å². The molecule has 2 aliphatic rings. The number of hydrogen-bond acceptors (Lipinski definition) is 6. The summed E-state index contributed by atoms with van der Waals surface area (Å²) in [4.78, 5) is 34.6. The molecule has 0 spiro atoms. The fourth-order valence-corrected chi connectivity index (χ4v) is 4.10. The SMILES string of the molecule is Cc1cc(OCC(=O)N2CCN(C)CC2)nc2sc(C(=O)NC3CC3)cc12. The second-order valence-electron chi connectivity index (χ2n) is 7.33. The Kier molecular flexibility index (Phi) is 5.01. The lowest BCUT2D eigenvalue weighted by Crippen LogP contribution is -2.48. The van der Waals surface area contributed by atoms with Gasteiger partial charge in [0.05, 0.1) is 4.88 Å². The van der Waals surface area contributed by atoms with Crippen molar-refractivity contribution in [3.05, 3.63) is 22.6 Å². The number of nitrogens with one attached hydrogen (secondary N) is 1. The van der Waals surface area contributed by atoms with Gasteiger partial charge in [0.25, 0.3) is 11.8 Å². The van der Waals surface area contributed by atoms with E-state index in [1.807, 2.05) is 24.0 Å². The summed E-state index contributed by atoms with van der Waals surface area (Å²) in [5.41, 5.74) is 0.990. The molecule has 0 atom stereocenters. The number of hydrogen-bond donors (Lipinski definition) is 1. The molecule has 8 heteroatoms. The number of aromatic nitrogens is 1. The Morgan fingerprint density at radius 1 is 1.26 bits per heavy atom. The number of pyridine rings is 1. The van der Waals surface area contributed by atoms with E-state index >= 15 is 0 Å². The molecule has 2 aromatic heterocycles. The number of amides is 2. The van der Waals surface area contributed by atoms with Crippen LogP contribution in [0.1, 0.15) is 28.1 Å². The molecule has 0 bridgehead atoms. The number of rotatable bonds is 5. The highest BCUT2D eigenvalue weighted by atomic mass is 32.1. The molecule has 2 aromatic rings. The fraction of sp³-hybridized carbons (Fsp3) is 0.526. The minimum absolute atomic E-state index is 0.0118. The van der Waals surface area contributed by atoms with Crippen LogP contribution in [-0.4, -0.2) is 72.5 Å². The van der Waals surface area contributed by atoms with E-state index in [0.29, 0.717) is 16.8 Å². The average molecular weight is 388 g/mol. The lowest BCUT2D eigenvalue weighted by Gasteiger charge is -2.32. The van der Waals surface area contributed by atoms with Crippen LogP contribution in [0.3, 0.4) is 0 Å². The Balaban J connectivity index is 1.42. The van der Waals surface area contributed by atoms with Crippen LogP contribution >= 0.6 is 11.3 Å². The van der Waals surface area contributed by atoms with Gasteiger partial charge in [0.2, 0.25) is 5.88 Å². The van der Waals surface area contributed by atoms with Crippen LogP contribution in [0.5, 0.6) is 5.88 Å². The molecule has 1 aliphatic carbocycles. The van der Waals surface area contributed by atoms with E-state index in [2.05, 4.69) is 22.2 Å². The van der Waals surface area contributed by atoms with Crippen LogP contribution in [0.2, 0.25) is 0 Å². The third kappa shape index (κ3) is 4.22. The topological polar surface area (TPSA) is 74.8 Å². The van der Waals surface area contributed by atoms with Crippen molar-refractivity contribution < 1.29 is 14.3 Å². The predicted molar refractivity (Wildman–Crippen MR) is 104 cm³/mol. The molecule has 7 nitrogen and oxygen atoms in total. The maximum absolute atomic E-state index is 12.3. The van der Waals surface area contributed by atoms with Crippen molar-refractivity contribution in [2.24, 2.45) is 0 Å². The van der Waals surface area contributed by atoms with Crippen LogP contribution in [0, 0.1) is 6.92 Å². The van der Waals surface area contributed by atoms with E-state index in [1.165, 1.54) is 11.3 Å². The first-order valence-corrected chi connectivity index (χ1v) is 10.1. The van der Waals surface area contributed by atoms with Crippen molar-refractivity contribution in [2.75, 3.05) is 39.8 Å². The summed E-state index contributed by atoms with van der Waals surface area (Å²) >= 11 is 1.36. The van der Waals surface area contributed by atoms with Crippen LogP contribution in [-0.2, 0) is 4.79 Å². The third-order valence-electron chi connectivity index (χ3n) is 5.02. The van der Waals surface area contributed by atoms with Gasteiger partial charge in [0.1, 0.15) is 4.83 Å². The van der Waals surface area contributed by atoms with Gasteiger partial charge in [-0.1, -0.05) is 0 Å². The van der Waals surface area contributed by atoms with Gasteiger partial charge in [-0.15, -0.1) is 11.3 Å². The zero-order valence-corrected chi connectivity index (χ0v) is 16.5. The standard InChI is InChI=1S/C19H24N4O3S/c1-12-9-16(26-11-17(24)23-7-5-22(2)6-8-23)21-19-14(12)10-15(27-19)18(25)20-13-3-4-13/h9-10,13H,3-8,11H2,1-2H3,(H,20,25). The van der Waals surface area contributed by atoms with E-state index < -0.39 is 0 Å². The summed E-state index contributed by atoms with van der Waals surface area (Å²) in [6.07, 6.45) is 2.13. The molecule has 4 rings (SSSR count). The van der Waals surface area contributed by atoms with Crippen molar-refractivity contribution >= 4 is 33.4 Å². The largest absolute Gasteiger partial charge is 0.468 e. The fourth-order valence-electron chi connectivity index (χ4n) is 3.10. The van der Waals surface area contributed by atoms with Crippen molar-refractivity contribution in [1.29, 1.82) is 0 Å². The Labute approximate surface area is 162 Å². The van der Waals surface area contributed by atoms with E-state index in [1.54, 1.807) is 0 Å². The molecule has 27 heavy (non-hydrogen) atoms. The van der Waals surface area contributed by atoms with E-state index in [9.17, 15) is 9.59 Å². The number of carbonyl (C=O) groups excluding carboxylic acids is 2. The van der Waals surface area contributed by atoms with Crippen LogP contribution in [0.4, 0.5) is 0 Å². The second-order valence-corrected chi connectivity index (χ2v) is 8.36. The molecule has 1 aliphatic heterocycles. The molecule has 0 unspecified atom stereocenters. The molecular formula is C19H24N4O3S. The Hall–Kier alpha value is -2.19. The zero-order valence-electron chi connectivity index (χ0n) is 15.7. The summed E-state index contributed by atoms with van der Waals surface area (Å²) in [5.74, 6) is 0.379. The molecule has 1 saturated heterocycles. The molecule has 144 valence electrons. The number of carbonyl (C=O) groups is 2. The van der Waals surface area contributed by atoms with Gasteiger partial charge in [0.15, 0.2) is 6.61 Å². The normalized spacial score (nSPS) is 17.9. The highest BCUT2D eigenvalue weighted by molar-refractivity contribution is 7.20. The summed E-state index contributed by atoms with van der Waals surface area (Å²) in [5, 5.41) is 3.96. The summed E-state index contributed by atoms with van der Waals surface area (Å²) < 4.78 is 5.67. The molecule has 1 N–H and O–H groups in total. The number of thiophene rings is 1. The first kappa shape index (κ1) is 18.2. The number of aryl methyl sites for hydroxylation is 1. The quantitative estimate of drug-likeness (QED) is 0.843. The Bertz CT molecular complexity index is 869. The summed E-state index contributed by atoms with van der Waals surface area (Å²) in [6, 6.07) is 4.05. The first-order valence-electron chi connectivity index (χ1n) is 9.31. The smallest absolute Gasteiger partial charge is 0.261 e. The van der Waals surface area contributed by atoms with Crippen molar-refractivity contribution in [3.8, 4) is 5.88 Å². The monoisotopic (exact) mass is 388 g/mol. The van der Waals surface area contributed by atoms with Crippen molar-refractivity contribution in [1.82, 2.24) is 20.1 Å². The van der Waals surface area contributed by atoms with Crippen molar-refractivity contribution in [2.45, 2.75) is 25.8 Å². The summed E-state index contributed by atoms with van der Waals surface area (Å²) in [6.45, 7) is 5.19. The minimum atomic E-state index is -0.0346. The second kappa shape index (κ2) is 7.44. The van der Waals surface area contributed by atoms with Gasteiger partial charge in [-0.05, 0) is 38.4 Å². The Morgan fingerprint density at radius 3 is 2.70 bits per heavy atom. The van der Waals surface area contributed by atoms with E-state index in [4.69, 9.17) is 4.74 Å². The van der Waals surface area contributed by atoms with Gasteiger partial charge in [0, 0.05) is 43.7 Å². The molecular weight excluding hydrogens is 364 g/mol. The maximum Gasteiger partial charge on any atom is 0.261 e. The number of ether oxygens (including phenoxy) is 1. The maximum atomic E-state index is 12.3. The predicted octanol–water partition coefficient (Wildman–Crippen LogP) is 1.65. The zero-order chi connectivity index (χ0) is 19.0. The lowest BCUT2D eigenvalue weighted by atomic mass is 10.2. The number of piperazine rings is 1. The molecule has 0 radical (unpaired) electrons. The molecule has 2 fully saturated rings. The average Bonchev–Trinajstić information content (AvgIpc) is 3.35. The molecule has 0 aromatic carbocycles. The van der Waals surface area contributed by atoms with Crippen LogP contribution < -0.4 is 10.1 Å². The van der Waals surface area contributed by atoms with Crippen LogP contribution in [0.15, 0.2) is 12.1 Å². The first-order chi connectivity index (χ1) is 13.0. The lowest BCUT2D eigenvalue weighted by molar-refractivity contribution is -0.135. The Morgan fingerprint density at radius 2 is 2.00 bits per heavy atom. The van der Waals surface area contributed by atoms with E-state index in [-0.39, 0.29) is 18.4 Å². The molecule has 2 amide bonds. The van der Waals surface area contributed by atoms with Gasteiger partial charge in [-0.3, -0.25) is 9.59 Å². The minimum Gasteiger partial charge on any atom is -0.468 e. The third-order valence-corrected chi connectivity index (χ3v) is 6.05. The highest BCUT2D eigenvalue weighted by Crippen LogP contribution is 2.30. The highest BCUT2D eigenvalue weighted by Gasteiger charge is 2.25. The van der Waals surface area contributed by atoms with Crippen molar-refractivity contribution in [3.63, 3.8) is 0 Å². The van der Waals surface area contributed by atoms with E-state index in [0.717, 1.165) is 54.8 Å². The van der Waals surface area contributed by atoms with Gasteiger partial charge < -0.3 is 19.9 Å². The van der Waals surface area contributed by atoms with Crippen LogP contribution in [0.25, 0.3) is 10.2 Å².